The van der Waals surface area contributed by atoms with E-state index in [9.17, 15) is 14.7 Å². The van der Waals surface area contributed by atoms with Crippen LogP contribution >= 0.6 is 11.3 Å². The number of hydrogen-bond donors (Lipinski definition) is 1. The van der Waals surface area contributed by atoms with E-state index in [0.29, 0.717) is 19.4 Å². The molecule has 1 N–H and O–H groups in total. The highest BCUT2D eigenvalue weighted by Crippen LogP contribution is 2.34. The summed E-state index contributed by atoms with van der Waals surface area (Å²) in [5.74, 6) is -0.902. The van der Waals surface area contributed by atoms with Crippen LogP contribution in [0.25, 0.3) is 0 Å². The topological polar surface area (TPSA) is 66.8 Å². The first-order chi connectivity index (χ1) is 10.6. The molecule has 2 heterocycles. The average molecular weight is 323 g/mol. The fourth-order valence-electron chi connectivity index (χ4n) is 3.53. The second-order valence-corrected chi connectivity index (χ2v) is 7.40. The zero-order chi connectivity index (χ0) is 15.7. The molecule has 1 aromatic heterocycles. The zero-order valence-electron chi connectivity index (χ0n) is 12.8. The van der Waals surface area contributed by atoms with Crippen molar-refractivity contribution in [3.8, 4) is 0 Å². The molecule has 120 valence electrons. The van der Waals surface area contributed by atoms with Crippen LogP contribution in [-0.4, -0.2) is 48.7 Å². The van der Waals surface area contributed by atoms with Crippen LogP contribution in [0.3, 0.4) is 0 Å². The number of aryl methyl sites for hydroxylation is 2. The second-order valence-electron chi connectivity index (χ2n) is 6.26. The number of carboxylic acid groups (broad SMARTS) is 1. The van der Waals surface area contributed by atoms with Gasteiger partial charge < -0.3 is 14.7 Å². The van der Waals surface area contributed by atoms with Gasteiger partial charge >= 0.3 is 5.97 Å². The molecule has 1 atom stereocenters. The van der Waals surface area contributed by atoms with Crippen LogP contribution in [0.4, 0.5) is 0 Å². The minimum atomic E-state index is -0.970. The normalized spacial score (nSPS) is 24.3. The third-order valence-corrected chi connectivity index (χ3v) is 5.92. The molecule has 1 aliphatic heterocycles. The Balaban J connectivity index is 1.78. The van der Waals surface area contributed by atoms with Crippen molar-refractivity contribution in [2.45, 2.75) is 32.1 Å². The van der Waals surface area contributed by atoms with E-state index in [0.717, 1.165) is 17.7 Å². The van der Waals surface area contributed by atoms with Gasteiger partial charge in [-0.3, -0.25) is 9.59 Å². The lowest BCUT2D eigenvalue weighted by atomic mass is 9.80. The largest absolute Gasteiger partial charge is 0.481 e. The van der Waals surface area contributed by atoms with Gasteiger partial charge in [-0.05, 0) is 43.7 Å². The number of likely N-dealkylation sites (tertiary alicyclic amines) is 1. The van der Waals surface area contributed by atoms with Crippen LogP contribution < -0.4 is 0 Å². The van der Waals surface area contributed by atoms with Crippen LogP contribution in [0, 0.1) is 5.41 Å². The highest BCUT2D eigenvalue weighted by atomic mass is 32.1. The smallest absolute Gasteiger partial charge is 0.313 e. The quantitative estimate of drug-likeness (QED) is 0.922. The lowest BCUT2D eigenvalue weighted by Crippen LogP contribution is -2.52. The van der Waals surface area contributed by atoms with Crippen molar-refractivity contribution < 1.29 is 19.4 Å². The third kappa shape index (κ3) is 2.65. The molecule has 1 amide bonds. The summed E-state index contributed by atoms with van der Waals surface area (Å²) in [7, 11) is 1.51. The van der Waals surface area contributed by atoms with E-state index in [1.165, 1.54) is 24.0 Å². The second kappa shape index (κ2) is 6.01. The highest BCUT2D eigenvalue weighted by Gasteiger charge is 2.44. The number of amides is 1. The van der Waals surface area contributed by atoms with Crippen molar-refractivity contribution in [2.24, 2.45) is 5.41 Å². The lowest BCUT2D eigenvalue weighted by molar-refractivity contribution is -0.155. The molecule has 3 rings (SSSR count). The van der Waals surface area contributed by atoms with Gasteiger partial charge in [-0.15, -0.1) is 11.3 Å². The Kier molecular flexibility index (Phi) is 4.23. The van der Waals surface area contributed by atoms with Gasteiger partial charge in [-0.25, -0.2) is 0 Å². The van der Waals surface area contributed by atoms with Crippen molar-refractivity contribution >= 4 is 23.2 Å². The number of fused-ring (bicyclic) bond motifs is 1. The maximum absolute atomic E-state index is 12.7. The summed E-state index contributed by atoms with van der Waals surface area (Å²) in [6, 6.07) is 2.00. The van der Waals surface area contributed by atoms with Gasteiger partial charge in [0.2, 0.25) is 0 Å². The summed E-state index contributed by atoms with van der Waals surface area (Å²) < 4.78 is 5.11. The van der Waals surface area contributed by atoms with Gasteiger partial charge in [0.25, 0.3) is 5.91 Å². The Morgan fingerprint density at radius 2 is 2.23 bits per heavy atom. The van der Waals surface area contributed by atoms with Gasteiger partial charge in [-0.2, -0.15) is 0 Å². The van der Waals surface area contributed by atoms with Gasteiger partial charge in [-0.1, -0.05) is 0 Å². The fraction of sp³-hybridized carbons (Fsp3) is 0.625. The molecule has 2 aliphatic rings. The van der Waals surface area contributed by atoms with Gasteiger partial charge in [0.15, 0.2) is 0 Å². The molecule has 1 aliphatic carbocycles. The molecule has 22 heavy (non-hydrogen) atoms. The minimum absolute atomic E-state index is 0.0270. The first-order valence-electron chi connectivity index (χ1n) is 7.69. The molecule has 1 fully saturated rings. The maximum Gasteiger partial charge on any atom is 0.313 e. The number of nitrogens with zero attached hydrogens (tertiary/aromatic N) is 1. The number of rotatable bonds is 4. The molecule has 5 nitrogen and oxygen atoms in total. The standard InChI is InChI=1S/C16H21NO4S/c1-21-10-16(15(19)20)6-3-7-17(9-16)14(18)13-8-11-4-2-5-12(11)22-13/h8H,2-7,9-10H2,1H3,(H,19,20). The fourth-order valence-corrected chi connectivity index (χ4v) is 4.75. The summed E-state index contributed by atoms with van der Waals surface area (Å²) in [4.78, 5) is 28.2. The average Bonchev–Trinajstić information content (AvgIpc) is 3.08. The summed E-state index contributed by atoms with van der Waals surface area (Å²) >= 11 is 1.58. The van der Waals surface area contributed by atoms with Crippen molar-refractivity contribution in [1.29, 1.82) is 0 Å². The number of aliphatic carboxylic acids is 1. The number of piperidine rings is 1. The molecule has 0 bridgehead atoms. The Morgan fingerprint density at radius 3 is 2.91 bits per heavy atom. The Bertz CT molecular complexity index is 571. The predicted octanol–water partition coefficient (Wildman–Crippen LogP) is 2.19. The number of ether oxygens (including phenoxy) is 1. The van der Waals surface area contributed by atoms with E-state index >= 15 is 0 Å². The van der Waals surface area contributed by atoms with E-state index in [4.69, 9.17) is 4.74 Å². The van der Waals surface area contributed by atoms with Crippen LogP contribution in [0.1, 0.15) is 39.4 Å². The summed E-state index contributed by atoms with van der Waals surface area (Å²) in [5, 5.41) is 9.57. The van der Waals surface area contributed by atoms with Crippen LogP contribution in [0.5, 0.6) is 0 Å². The summed E-state index contributed by atoms with van der Waals surface area (Å²) in [6.07, 6.45) is 4.56. The van der Waals surface area contributed by atoms with Crippen LogP contribution in [0.15, 0.2) is 6.07 Å². The molecule has 0 spiro atoms. The van der Waals surface area contributed by atoms with Crippen molar-refractivity contribution in [1.82, 2.24) is 4.90 Å². The third-order valence-electron chi connectivity index (χ3n) is 4.70. The van der Waals surface area contributed by atoms with E-state index in [1.54, 1.807) is 16.2 Å². The number of thiophene rings is 1. The number of carbonyl (C=O) groups is 2. The number of carbonyl (C=O) groups excluding carboxylic acids is 1. The SMILES string of the molecule is COCC1(C(=O)O)CCCN(C(=O)c2cc3c(s2)CCC3)C1. The first-order valence-corrected chi connectivity index (χ1v) is 8.50. The molecule has 1 aromatic rings. The zero-order valence-corrected chi connectivity index (χ0v) is 13.6. The molecule has 0 radical (unpaired) electrons. The monoisotopic (exact) mass is 323 g/mol. The molecular weight excluding hydrogens is 302 g/mol. The first kappa shape index (κ1) is 15.5. The minimum Gasteiger partial charge on any atom is -0.481 e. The molecular formula is C16H21NO4S. The van der Waals surface area contributed by atoms with Crippen LogP contribution in [-0.2, 0) is 22.4 Å². The Morgan fingerprint density at radius 1 is 1.41 bits per heavy atom. The lowest BCUT2D eigenvalue weighted by Gasteiger charge is -2.39. The molecule has 0 aromatic carbocycles. The number of carboxylic acids is 1. The van der Waals surface area contributed by atoms with E-state index in [-0.39, 0.29) is 19.1 Å². The predicted molar refractivity (Wildman–Crippen MR) is 83.4 cm³/mol. The van der Waals surface area contributed by atoms with E-state index in [1.807, 2.05) is 6.07 Å². The maximum atomic E-state index is 12.7. The Labute approximate surface area is 133 Å². The molecule has 1 saturated heterocycles. The van der Waals surface area contributed by atoms with Crippen molar-refractivity contribution in [3.63, 3.8) is 0 Å². The van der Waals surface area contributed by atoms with Crippen molar-refractivity contribution in [2.75, 3.05) is 26.8 Å². The summed E-state index contributed by atoms with van der Waals surface area (Å²) in [6.45, 7) is 1.00. The molecule has 6 heteroatoms. The van der Waals surface area contributed by atoms with Crippen molar-refractivity contribution in [3.05, 3.63) is 21.4 Å². The number of methoxy groups -OCH3 is 1. The van der Waals surface area contributed by atoms with Gasteiger partial charge in [0.05, 0.1) is 11.5 Å². The van der Waals surface area contributed by atoms with E-state index in [2.05, 4.69) is 0 Å². The highest BCUT2D eigenvalue weighted by molar-refractivity contribution is 7.14. The van der Waals surface area contributed by atoms with E-state index < -0.39 is 11.4 Å². The number of hydrogen-bond acceptors (Lipinski definition) is 4. The van der Waals surface area contributed by atoms with Gasteiger partial charge in [0.1, 0.15) is 5.41 Å². The summed E-state index contributed by atoms with van der Waals surface area (Å²) in [5.41, 5.74) is 0.328. The van der Waals surface area contributed by atoms with Crippen LogP contribution in [0.2, 0.25) is 0 Å². The molecule has 1 unspecified atom stereocenters. The Hall–Kier alpha value is -1.40. The molecule has 0 saturated carbocycles. The van der Waals surface area contributed by atoms with Gasteiger partial charge in [0, 0.05) is 25.1 Å².